The highest BCUT2D eigenvalue weighted by Crippen LogP contribution is 2.31. The quantitative estimate of drug-likeness (QED) is 0.834. The van der Waals surface area contributed by atoms with E-state index in [-0.39, 0.29) is 23.1 Å². The zero-order valence-electron chi connectivity index (χ0n) is 10.5. The predicted molar refractivity (Wildman–Crippen MR) is 72.6 cm³/mol. The van der Waals surface area contributed by atoms with Crippen LogP contribution in [0.25, 0.3) is 5.52 Å². The van der Waals surface area contributed by atoms with Crippen LogP contribution in [0.4, 0.5) is 5.82 Å². The summed E-state index contributed by atoms with van der Waals surface area (Å²) < 4.78 is 24.7. The molecule has 0 aliphatic carbocycles. The number of imidazole rings is 1. The molecule has 1 fully saturated rings. The van der Waals surface area contributed by atoms with E-state index in [1.165, 1.54) is 4.40 Å². The average Bonchev–Trinajstić information content (AvgIpc) is 2.90. The Bertz CT molecular complexity index is 809. The van der Waals surface area contributed by atoms with Crippen LogP contribution < -0.4 is 5.73 Å². The third-order valence-corrected chi connectivity index (χ3v) is 5.29. The van der Waals surface area contributed by atoms with Crippen molar-refractivity contribution in [3.05, 3.63) is 29.7 Å². The second kappa shape index (κ2) is 4.20. The second-order valence-electron chi connectivity index (χ2n) is 4.90. The Morgan fingerprint density at radius 2 is 2.20 bits per heavy atom. The molecular formula is C12H13N3O4S. The summed E-state index contributed by atoms with van der Waals surface area (Å²) in [6.45, 7) is 0. The van der Waals surface area contributed by atoms with Gasteiger partial charge >= 0.3 is 5.97 Å². The molecule has 106 valence electrons. The summed E-state index contributed by atoms with van der Waals surface area (Å²) in [6.07, 6.45) is 0.439. The molecule has 2 aromatic rings. The minimum absolute atomic E-state index is 0.0144. The number of carboxylic acids is 1. The molecule has 1 aliphatic heterocycles. The highest BCUT2D eigenvalue weighted by atomic mass is 32.2. The predicted octanol–water partition coefficient (Wildman–Crippen LogP) is 0.517. The van der Waals surface area contributed by atoms with Crippen molar-refractivity contribution in [3.63, 3.8) is 0 Å². The number of pyridine rings is 1. The van der Waals surface area contributed by atoms with Gasteiger partial charge in [-0.05, 0) is 18.6 Å². The second-order valence-corrected chi connectivity index (χ2v) is 7.12. The van der Waals surface area contributed by atoms with Crippen LogP contribution in [0.2, 0.25) is 0 Å². The number of carbonyl (C=O) groups is 1. The first kappa shape index (κ1) is 12.9. The number of anilines is 1. The summed E-state index contributed by atoms with van der Waals surface area (Å²) >= 11 is 0. The summed E-state index contributed by atoms with van der Waals surface area (Å²) in [5, 5.41) is 9.20. The maximum Gasteiger partial charge on any atom is 0.356 e. The lowest BCUT2D eigenvalue weighted by molar-refractivity contribution is 0.0693. The Morgan fingerprint density at radius 1 is 1.45 bits per heavy atom. The third-order valence-electron chi connectivity index (χ3n) is 3.52. The first-order valence-corrected chi connectivity index (χ1v) is 7.92. The summed E-state index contributed by atoms with van der Waals surface area (Å²) in [7, 11) is -3.08. The molecule has 1 atom stereocenters. The average molecular weight is 295 g/mol. The topological polar surface area (TPSA) is 115 Å². The van der Waals surface area contributed by atoms with E-state index in [2.05, 4.69) is 4.98 Å². The van der Waals surface area contributed by atoms with E-state index in [0.29, 0.717) is 23.6 Å². The van der Waals surface area contributed by atoms with E-state index in [4.69, 9.17) is 5.73 Å². The standard InChI is InChI=1S/C12H13N3O4S/c13-9-3-1-2-8-10(12(16)17)14-11(15(8)9)7-4-5-20(18,19)6-7/h1-3,7H,4-6,13H2,(H,16,17). The fourth-order valence-electron chi connectivity index (χ4n) is 2.62. The molecule has 2 aromatic heterocycles. The van der Waals surface area contributed by atoms with Gasteiger partial charge in [0.15, 0.2) is 15.5 Å². The third kappa shape index (κ3) is 1.92. The van der Waals surface area contributed by atoms with Crippen LogP contribution in [-0.2, 0) is 9.84 Å². The van der Waals surface area contributed by atoms with Crippen molar-refractivity contribution >= 4 is 27.1 Å². The van der Waals surface area contributed by atoms with E-state index in [9.17, 15) is 18.3 Å². The van der Waals surface area contributed by atoms with E-state index in [0.717, 1.165) is 0 Å². The van der Waals surface area contributed by atoms with Gasteiger partial charge in [-0.1, -0.05) is 6.07 Å². The number of aromatic carboxylic acids is 1. The number of hydrogen-bond acceptors (Lipinski definition) is 5. The van der Waals surface area contributed by atoms with E-state index < -0.39 is 15.8 Å². The van der Waals surface area contributed by atoms with Crippen LogP contribution in [0.5, 0.6) is 0 Å². The van der Waals surface area contributed by atoms with Gasteiger partial charge in [-0.15, -0.1) is 0 Å². The van der Waals surface area contributed by atoms with Crippen molar-refractivity contribution in [2.24, 2.45) is 0 Å². The number of aromatic nitrogens is 2. The Labute approximate surface area is 115 Å². The van der Waals surface area contributed by atoms with Gasteiger partial charge in [0.05, 0.1) is 17.0 Å². The molecule has 0 amide bonds. The summed E-state index contributed by atoms with van der Waals surface area (Å²) in [5.74, 6) is -0.620. The minimum Gasteiger partial charge on any atom is -0.476 e. The lowest BCUT2D eigenvalue weighted by Gasteiger charge is -2.08. The van der Waals surface area contributed by atoms with Crippen LogP contribution in [0.1, 0.15) is 28.7 Å². The molecule has 1 saturated heterocycles. The molecule has 0 aromatic carbocycles. The maximum absolute atomic E-state index is 11.6. The number of hydrogen-bond donors (Lipinski definition) is 2. The Hall–Kier alpha value is -2.09. The molecule has 7 nitrogen and oxygen atoms in total. The molecule has 0 spiro atoms. The highest BCUT2D eigenvalue weighted by molar-refractivity contribution is 7.91. The largest absolute Gasteiger partial charge is 0.476 e. The molecule has 1 unspecified atom stereocenters. The van der Waals surface area contributed by atoms with Gasteiger partial charge in [0.2, 0.25) is 0 Å². The molecular weight excluding hydrogens is 282 g/mol. The lowest BCUT2D eigenvalue weighted by atomic mass is 10.1. The number of sulfone groups is 1. The smallest absolute Gasteiger partial charge is 0.356 e. The number of rotatable bonds is 2. The van der Waals surface area contributed by atoms with Gasteiger partial charge in [0.25, 0.3) is 0 Å². The highest BCUT2D eigenvalue weighted by Gasteiger charge is 2.33. The maximum atomic E-state index is 11.6. The lowest BCUT2D eigenvalue weighted by Crippen LogP contribution is -2.09. The number of nitrogen functional groups attached to an aromatic ring is 1. The molecule has 0 bridgehead atoms. The van der Waals surface area contributed by atoms with E-state index in [1.54, 1.807) is 18.2 Å². The zero-order valence-corrected chi connectivity index (χ0v) is 11.3. The molecule has 0 radical (unpaired) electrons. The first-order valence-electron chi connectivity index (χ1n) is 6.09. The monoisotopic (exact) mass is 295 g/mol. The molecule has 3 N–H and O–H groups in total. The van der Waals surface area contributed by atoms with Crippen molar-refractivity contribution < 1.29 is 18.3 Å². The molecule has 3 heterocycles. The van der Waals surface area contributed by atoms with Crippen molar-refractivity contribution in [1.29, 1.82) is 0 Å². The van der Waals surface area contributed by atoms with Gasteiger partial charge in [0, 0.05) is 5.92 Å². The fourth-order valence-corrected chi connectivity index (χ4v) is 4.36. The van der Waals surface area contributed by atoms with Crippen molar-refractivity contribution in [1.82, 2.24) is 9.38 Å². The zero-order chi connectivity index (χ0) is 14.5. The van der Waals surface area contributed by atoms with Crippen molar-refractivity contribution in [2.45, 2.75) is 12.3 Å². The SMILES string of the molecule is Nc1cccc2c(C(=O)O)nc(C3CCS(=O)(=O)C3)n12. The summed E-state index contributed by atoms with van der Waals surface area (Å²) in [6, 6.07) is 4.89. The van der Waals surface area contributed by atoms with Gasteiger partial charge in [-0.3, -0.25) is 4.40 Å². The van der Waals surface area contributed by atoms with Gasteiger partial charge < -0.3 is 10.8 Å². The number of nitrogens with zero attached hydrogens (tertiary/aromatic N) is 2. The van der Waals surface area contributed by atoms with Crippen LogP contribution >= 0.6 is 0 Å². The molecule has 20 heavy (non-hydrogen) atoms. The normalized spacial score (nSPS) is 21.3. The Kier molecular flexibility index (Phi) is 2.72. The molecule has 0 saturated carbocycles. The fraction of sp³-hybridized carbons (Fsp3) is 0.333. The Balaban J connectivity index is 2.23. The van der Waals surface area contributed by atoms with Gasteiger partial charge in [-0.2, -0.15) is 0 Å². The molecule has 1 aliphatic rings. The molecule has 8 heteroatoms. The minimum atomic E-state index is -3.08. The van der Waals surface area contributed by atoms with Crippen LogP contribution in [0.3, 0.4) is 0 Å². The van der Waals surface area contributed by atoms with Gasteiger partial charge in [-0.25, -0.2) is 18.2 Å². The van der Waals surface area contributed by atoms with Crippen LogP contribution in [0.15, 0.2) is 18.2 Å². The Morgan fingerprint density at radius 3 is 2.80 bits per heavy atom. The number of fused-ring (bicyclic) bond motifs is 1. The van der Waals surface area contributed by atoms with Crippen LogP contribution in [-0.4, -0.2) is 40.4 Å². The van der Waals surface area contributed by atoms with Gasteiger partial charge in [0.1, 0.15) is 11.6 Å². The summed E-state index contributed by atoms with van der Waals surface area (Å²) in [4.78, 5) is 15.4. The van der Waals surface area contributed by atoms with Crippen LogP contribution in [0, 0.1) is 0 Å². The van der Waals surface area contributed by atoms with Crippen molar-refractivity contribution in [3.8, 4) is 0 Å². The van der Waals surface area contributed by atoms with E-state index >= 15 is 0 Å². The molecule has 3 rings (SSSR count). The van der Waals surface area contributed by atoms with Crippen molar-refractivity contribution in [2.75, 3.05) is 17.2 Å². The number of nitrogens with two attached hydrogens (primary N) is 1. The number of carboxylic acid groups (broad SMARTS) is 1. The van der Waals surface area contributed by atoms with E-state index in [1.807, 2.05) is 0 Å². The first-order chi connectivity index (χ1) is 9.39. The summed E-state index contributed by atoms with van der Waals surface area (Å²) in [5.41, 5.74) is 6.17.